The second-order valence-corrected chi connectivity index (χ2v) is 7.75. The minimum absolute atomic E-state index is 0.0713. The summed E-state index contributed by atoms with van der Waals surface area (Å²) in [7, 11) is 0. The fraction of sp³-hybridized carbons (Fsp3) is 0.320. The molecule has 0 bridgehead atoms. The van der Waals surface area contributed by atoms with E-state index in [1.54, 1.807) is 12.1 Å². The quantitative estimate of drug-likeness (QED) is 0.474. The molecule has 2 aromatic heterocycles. The van der Waals surface area contributed by atoms with Crippen LogP contribution in [0.5, 0.6) is 0 Å². The number of hydrogen-bond acceptors (Lipinski definition) is 6. The number of nitrogens with zero attached hydrogens (tertiary/aromatic N) is 3. The predicted octanol–water partition coefficient (Wildman–Crippen LogP) is 4.48. The van der Waals surface area contributed by atoms with Gasteiger partial charge in [-0.3, -0.25) is 9.59 Å². The number of benzene rings is 1. The zero-order valence-corrected chi connectivity index (χ0v) is 18.6. The molecule has 0 spiro atoms. The summed E-state index contributed by atoms with van der Waals surface area (Å²) in [6.07, 6.45) is 4.12. The van der Waals surface area contributed by atoms with Crippen LogP contribution in [0.2, 0.25) is 0 Å². The normalized spacial score (nSPS) is 11.8. The predicted molar refractivity (Wildman–Crippen MR) is 121 cm³/mol. The largest absolute Gasteiger partial charge is 0.370 e. The summed E-state index contributed by atoms with van der Waals surface area (Å²) in [5.74, 6) is -0.0137. The molecule has 1 atom stereocenters. The van der Waals surface area contributed by atoms with Gasteiger partial charge in [0.2, 0.25) is 5.78 Å². The van der Waals surface area contributed by atoms with Crippen molar-refractivity contribution in [3.05, 3.63) is 82.8 Å². The van der Waals surface area contributed by atoms with Gasteiger partial charge in [0.15, 0.2) is 5.82 Å². The number of rotatable bonds is 10. The van der Waals surface area contributed by atoms with E-state index in [0.29, 0.717) is 24.0 Å². The van der Waals surface area contributed by atoms with Gasteiger partial charge in [0.05, 0.1) is 0 Å². The Labute approximate surface area is 187 Å². The van der Waals surface area contributed by atoms with Crippen molar-refractivity contribution in [1.29, 1.82) is 0 Å². The summed E-state index contributed by atoms with van der Waals surface area (Å²) in [6.45, 7) is 6.53. The maximum Gasteiger partial charge on any atom is 0.204 e. The van der Waals surface area contributed by atoms with Gasteiger partial charge in [0.25, 0.3) is 0 Å². The number of carbonyl (C=O) groups is 2. The lowest BCUT2D eigenvalue weighted by molar-refractivity contribution is -0.120. The van der Waals surface area contributed by atoms with Crippen LogP contribution in [0.15, 0.2) is 48.8 Å². The van der Waals surface area contributed by atoms with Crippen LogP contribution in [0.3, 0.4) is 0 Å². The highest BCUT2D eigenvalue weighted by Crippen LogP contribution is 2.20. The first-order valence-electron chi connectivity index (χ1n) is 10.7. The highest BCUT2D eigenvalue weighted by Gasteiger charge is 2.18. The molecule has 0 saturated heterocycles. The Morgan fingerprint density at radius 3 is 2.41 bits per heavy atom. The van der Waals surface area contributed by atoms with Crippen LogP contribution in [0.4, 0.5) is 10.2 Å². The lowest BCUT2D eigenvalue weighted by Crippen LogP contribution is -2.14. The van der Waals surface area contributed by atoms with E-state index in [4.69, 9.17) is 0 Å². The number of ketones is 2. The molecule has 6 nitrogen and oxygen atoms in total. The molecule has 0 aliphatic carbocycles. The average Bonchev–Trinajstić information content (AvgIpc) is 2.79. The van der Waals surface area contributed by atoms with Crippen molar-refractivity contribution in [1.82, 2.24) is 15.0 Å². The smallest absolute Gasteiger partial charge is 0.204 e. The fourth-order valence-electron chi connectivity index (χ4n) is 3.34. The van der Waals surface area contributed by atoms with Gasteiger partial charge in [0.1, 0.15) is 17.4 Å². The van der Waals surface area contributed by atoms with E-state index in [1.807, 2.05) is 32.9 Å². The van der Waals surface area contributed by atoms with Crippen LogP contribution < -0.4 is 5.32 Å². The molecule has 2 heterocycles. The second kappa shape index (κ2) is 10.7. The maximum atomic E-state index is 13.0. The molecule has 0 amide bonds. The molecule has 3 aromatic rings. The number of aromatic nitrogens is 3. The molecular weight excluding hydrogens is 407 g/mol. The first-order valence-corrected chi connectivity index (χ1v) is 10.7. The standard InChI is InChI=1S/C25H27FN4O2/c1-4-27-24-19(8-5-16(2)30-24)9-12-22(31)17(3)20-14-28-25(29-15-20)23(32)13-18-6-10-21(26)11-7-18/h5-8,10-11,14-15,17H,4,9,12-13H2,1-3H3,(H,27,30). The molecule has 1 unspecified atom stereocenters. The summed E-state index contributed by atoms with van der Waals surface area (Å²) < 4.78 is 13.0. The average molecular weight is 435 g/mol. The number of Topliss-reactive ketones (excluding diaryl/α,β-unsaturated/α-hetero) is 2. The summed E-state index contributed by atoms with van der Waals surface area (Å²) in [5.41, 5.74) is 3.30. The molecule has 0 radical (unpaired) electrons. The summed E-state index contributed by atoms with van der Waals surface area (Å²) in [4.78, 5) is 38.0. The lowest BCUT2D eigenvalue weighted by atomic mass is 9.95. The van der Waals surface area contributed by atoms with E-state index in [-0.39, 0.29) is 35.5 Å². The number of halogens is 1. The molecular formula is C25H27FN4O2. The zero-order valence-electron chi connectivity index (χ0n) is 18.6. The molecule has 7 heteroatoms. The van der Waals surface area contributed by atoms with Gasteiger partial charge in [-0.1, -0.05) is 25.1 Å². The van der Waals surface area contributed by atoms with Gasteiger partial charge in [-0.05, 0) is 55.2 Å². The first-order chi connectivity index (χ1) is 15.4. The summed E-state index contributed by atoms with van der Waals surface area (Å²) in [6, 6.07) is 9.70. The minimum atomic E-state index is -0.378. The summed E-state index contributed by atoms with van der Waals surface area (Å²) in [5, 5.41) is 3.25. The number of carbonyl (C=O) groups excluding carboxylic acids is 2. The van der Waals surface area contributed by atoms with Crippen molar-refractivity contribution in [2.75, 3.05) is 11.9 Å². The van der Waals surface area contributed by atoms with Crippen LogP contribution in [0.25, 0.3) is 0 Å². The molecule has 0 aliphatic rings. The fourth-order valence-corrected chi connectivity index (χ4v) is 3.34. The Bertz CT molecular complexity index is 1080. The van der Waals surface area contributed by atoms with E-state index < -0.39 is 0 Å². The third-order valence-electron chi connectivity index (χ3n) is 5.29. The monoisotopic (exact) mass is 434 g/mol. The first kappa shape index (κ1) is 23.2. The highest BCUT2D eigenvalue weighted by molar-refractivity contribution is 5.94. The van der Waals surface area contributed by atoms with E-state index in [9.17, 15) is 14.0 Å². The van der Waals surface area contributed by atoms with Gasteiger partial charge in [-0.25, -0.2) is 19.3 Å². The Hall–Kier alpha value is -3.48. The van der Waals surface area contributed by atoms with Gasteiger partial charge < -0.3 is 5.32 Å². The highest BCUT2D eigenvalue weighted by atomic mass is 19.1. The number of hydrogen-bond donors (Lipinski definition) is 1. The van der Waals surface area contributed by atoms with Crippen molar-refractivity contribution in [2.24, 2.45) is 0 Å². The van der Waals surface area contributed by atoms with Crippen LogP contribution >= 0.6 is 0 Å². The number of pyridine rings is 1. The van der Waals surface area contributed by atoms with Crippen molar-refractivity contribution in [2.45, 2.75) is 46.0 Å². The van der Waals surface area contributed by atoms with Crippen molar-refractivity contribution >= 4 is 17.4 Å². The third-order valence-corrected chi connectivity index (χ3v) is 5.29. The second-order valence-electron chi connectivity index (χ2n) is 7.75. The molecule has 1 N–H and O–H groups in total. The van der Waals surface area contributed by atoms with Gasteiger partial charge >= 0.3 is 0 Å². The molecule has 0 fully saturated rings. The Kier molecular flexibility index (Phi) is 7.76. The van der Waals surface area contributed by atoms with Crippen molar-refractivity contribution < 1.29 is 14.0 Å². The van der Waals surface area contributed by atoms with Gasteiger partial charge in [-0.15, -0.1) is 0 Å². The lowest BCUT2D eigenvalue weighted by Gasteiger charge is -2.13. The van der Waals surface area contributed by atoms with Crippen LogP contribution in [-0.2, 0) is 17.6 Å². The van der Waals surface area contributed by atoms with E-state index in [0.717, 1.165) is 23.6 Å². The molecule has 0 aliphatic heterocycles. The number of aryl methyl sites for hydroxylation is 2. The van der Waals surface area contributed by atoms with Crippen LogP contribution in [-0.4, -0.2) is 33.1 Å². The molecule has 1 aromatic carbocycles. The van der Waals surface area contributed by atoms with Crippen LogP contribution in [0, 0.1) is 12.7 Å². The Balaban J connectivity index is 1.60. The van der Waals surface area contributed by atoms with E-state index in [1.165, 1.54) is 24.5 Å². The van der Waals surface area contributed by atoms with Crippen molar-refractivity contribution in [3.63, 3.8) is 0 Å². The zero-order chi connectivity index (χ0) is 23.1. The molecule has 0 saturated carbocycles. The third kappa shape index (κ3) is 6.03. The minimum Gasteiger partial charge on any atom is -0.370 e. The topological polar surface area (TPSA) is 84.8 Å². The summed E-state index contributed by atoms with van der Waals surface area (Å²) >= 11 is 0. The number of nitrogens with one attached hydrogen (secondary N) is 1. The molecule has 3 rings (SSSR count). The Morgan fingerprint density at radius 1 is 1.06 bits per heavy atom. The molecule has 166 valence electrons. The van der Waals surface area contributed by atoms with E-state index in [2.05, 4.69) is 20.3 Å². The Morgan fingerprint density at radius 2 is 1.75 bits per heavy atom. The van der Waals surface area contributed by atoms with Gasteiger partial charge in [0, 0.05) is 43.4 Å². The van der Waals surface area contributed by atoms with Crippen molar-refractivity contribution in [3.8, 4) is 0 Å². The molecule has 32 heavy (non-hydrogen) atoms. The SMILES string of the molecule is CCNc1nc(C)ccc1CCC(=O)C(C)c1cnc(C(=O)Cc2ccc(F)cc2)nc1. The van der Waals surface area contributed by atoms with Gasteiger partial charge in [-0.2, -0.15) is 0 Å². The maximum absolute atomic E-state index is 13.0. The van der Waals surface area contributed by atoms with E-state index >= 15 is 0 Å². The number of anilines is 1. The van der Waals surface area contributed by atoms with Crippen LogP contribution in [0.1, 0.15) is 59.2 Å².